The van der Waals surface area contributed by atoms with Crippen LogP contribution in [0, 0.1) is 0 Å². The summed E-state index contributed by atoms with van der Waals surface area (Å²) < 4.78 is 10.8. The molecule has 0 aliphatic heterocycles. The van der Waals surface area contributed by atoms with E-state index in [1.54, 1.807) is 12.1 Å². The van der Waals surface area contributed by atoms with Crippen LogP contribution in [0.1, 0.15) is 66.5 Å². The molecule has 0 spiro atoms. The maximum Gasteiger partial charge on any atom is 0.308 e. The van der Waals surface area contributed by atoms with Crippen LogP contribution in [-0.2, 0) is 20.4 Å². The molecular formula is C24H31NO4. The summed E-state index contributed by atoms with van der Waals surface area (Å²) in [7, 11) is 0. The van der Waals surface area contributed by atoms with Crippen molar-refractivity contribution in [1.29, 1.82) is 0 Å². The lowest BCUT2D eigenvalue weighted by molar-refractivity contribution is -0.132. The molecule has 0 bridgehead atoms. The number of hydrogen-bond acceptors (Lipinski definition) is 5. The largest absolute Gasteiger partial charge is 0.427 e. The van der Waals surface area contributed by atoms with E-state index >= 15 is 0 Å². The van der Waals surface area contributed by atoms with Crippen LogP contribution in [0.4, 0.5) is 11.4 Å². The molecule has 0 heterocycles. The molecule has 2 aromatic rings. The summed E-state index contributed by atoms with van der Waals surface area (Å²) >= 11 is 0. The zero-order valence-corrected chi connectivity index (χ0v) is 18.6. The third-order valence-corrected chi connectivity index (χ3v) is 4.34. The first-order valence-corrected chi connectivity index (χ1v) is 9.70. The molecule has 0 aliphatic carbocycles. The third kappa shape index (κ3) is 6.08. The molecule has 0 radical (unpaired) electrons. The Balaban J connectivity index is 2.59. The topological polar surface area (TPSA) is 64.6 Å². The smallest absolute Gasteiger partial charge is 0.308 e. The van der Waals surface area contributed by atoms with E-state index in [0.29, 0.717) is 11.5 Å². The van der Waals surface area contributed by atoms with E-state index in [4.69, 9.17) is 9.47 Å². The van der Waals surface area contributed by atoms with Gasteiger partial charge in [-0.2, -0.15) is 0 Å². The monoisotopic (exact) mass is 397 g/mol. The first kappa shape index (κ1) is 22.5. The van der Waals surface area contributed by atoms with Gasteiger partial charge in [0.2, 0.25) is 0 Å². The molecule has 0 amide bonds. The molecule has 29 heavy (non-hydrogen) atoms. The summed E-state index contributed by atoms with van der Waals surface area (Å²) in [6.45, 7) is 15.3. The summed E-state index contributed by atoms with van der Waals surface area (Å²) in [5, 5.41) is 3.39. The van der Waals surface area contributed by atoms with Crippen LogP contribution in [0.3, 0.4) is 0 Å². The van der Waals surface area contributed by atoms with Crippen molar-refractivity contribution in [1.82, 2.24) is 0 Å². The van der Waals surface area contributed by atoms with Crippen molar-refractivity contribution in [3.8, 4) is 11.5 Å². The summed E-state index contributed by atoms with van der Waals surface area (Å²) in [5.41, 5.74) is 3.08. The average Bonchev–Trinajstić information content (AvgIpc) is 2.53. The van der Waals surface area contributed by atoms with Crippen LogP contribution >= 0.6 is 0 Å². The SMILES string of the molecule is CC(=O)Oc1cccc(Nc2cc(C(C)(C)C)c(OC(C)=O)c(C(C)(C)C)c2)c1. The van der Waals surface area contributed by atoms with E-state index < -0.39 is 0 Å². The highest BCUT2D eigenvalue weighted by Crippen LogP contribution is 2.42. The van der Waals surface area contributed by atoms with Gasteiger partial charge in [0.15, 0.2) is 0 Å². The van der Waals surface area contributed by atoms with Crippen molar-refractivity contribution in [3.05, 3.63) is 47.5 Å². The van der Waals surface area contributed by atoms with Crippen LogP contribution in [-0.4, -0.2) is 11.9 Å². The Morgan fingerprint density at radius 3 is 1.72 bits per heavy atom. The number of esters is 2. The van der Waals surface area contributed by atoms with Gasteiger partial charge in [-0.3, -0.25) is 9.59 Å². The summed E-state index contributed by atoms with van der Waals surface area (Å²) in [6, 6.07) is 11.2. The van der Waals surface area contributed by atoms with E-state index in [1.807, 2.05) is 24.3 Å². The third-order valence-electron chi connectivity index (χ3n) is 4.34. The zero-order valence-electron chi connectivity index (χ0n) is 18.6. The molecule has 0 fully saturated rings. The van der Waals surface area contributed by atoms with E-state index in [0.717, 1.165) is 22.5 Å². The minimum atomic E-state index is -0.363. The van der Waals surface area contributed by atoms with Crippen molar-refractivity contribution in [2.75, 3.05) is 5.32 Å². The zero-order chi connectivity index (χ0) is 22.0. The molecule has 0 aliphatic rings. The second kappa shape index (κ2) is 8.27. The van der Waals surface area contributed by atoms with Crippen LogP contribution in [0.25, 0.3) is 0 Å². The Morgan fingerprint density at radius 2 is 1.28 bits per heavy atom. The average molecular weight is 398 g/mol. The first-order valence-electron chi connectivity index (χ1n) is 9.70. The van der Waals surface area contributed by atoms with E-state index in [1.165, 1.54) is 13.8 Å². The highest BCUT2D eigenvalue weighted by Gasteiger charge is 2.29. The number of benzene rings is 2. The molecule has 5 nitrogen and oxygen atoms in total. The molecule has 0 unspecified atom stereocenters. The van der Waals surface area contributed by atoms with Gasteiger partial charge < -0.3 is 14.8 Å². The standard InChI is InChI=1S/C24H31NO4/c1-15(26)28-19-11-9-10-17(12-19)25-18-13-20(23(3,4)5)22(29-16(2)27)21(14-18)24(6,7)8/h9-14,25H,1-8H3. The normalized spacial score (nSPS) is 11.7. The Kier molecular flexibility index (Phi) is 6.41. The number of ether oxygens (including phenoxy) is 2. The van der Waals surface area contributed by atoms with E-state index in [-0.39, 0.29) is 22.8 Å². The number of carbonyl (C=O) groups excluding carboxylic acids is 2. The van der Waals surface area contributed by atoms with Crippen LogP contribution in [0.5, 0.6) is 11.5 Å². The lowest BCUT2D eigenvalue weighted by atomic mass is 9.79. The van der Waals surface area contributed by atoms with Gasteiger partial charge >= 0.3 is 11.9 Å². The molecule has 1 N–H and O–H groups in total. The van der Waals surface area contributed by atoms with Crippen molar-refractivity contribution < 1.29 is 19.1 Å². The van der Waals surface area contributed by atoms with E-state index in [9.17, 15) is 9.59 Å². The van der Waals surface area contributed by atoms with Crippen molar-refractivity contribution in [2.24, 2.45) is 0 Å². The van der Waals surface area contributed by atoms with Gasteiger partial charge in [0.1, 0.15) is 11.5 Å². The maximum atomic E-state index is 11.8. The van der Waals surface area contributed by atoms with Crippen molar-refractivity contribution >= 4 is 23.3 Å². The fourth-order valence-corrected chi connectivity index (χ4v) is 3.04. The molecule has 2 rings (SSSR count). The molecule has 0 aromatic heterocycles. The maximum absolute atomic E-state index is 11.8. The minimum absolute atomic E-state index is 0.234. The highest BCUT2D eigenvalue weighted by atomic mass is 16.5. The summed E-state index contributed by atoms with van der Waals surface area (Å²) in [5.74, 6) is 0.400. The van der Waals surface area contributed by atoms with Crippen molar-refractivity contribution in [2.45, 2.75) is 66.2 Å². The van der Waals surface area contributed by atoms with Gasteiger partial charge in [0.05, 0.1) is 0 Å². The summed E-state index contributed by atoms with van der Waals surface area (Å²) in [6.07, 6.45) is 0. The number of hydrogen-bond donors (Lipinski definition) is 1. The number of nitrogens with one attached hydrogen (secondary N) is 1. The Hall–Kier alpha value is -2.82. The van der Waals surface area contributed by atoms with Crippen LogP contribution in [0.2, 0.25) is 0 Å². The van der Waals surface area contributed by atoms with Crippen LogP contribution in [0.15, 0.2) is 36.4 Å². The van der Waals surface area contributed by atoms with Gasteiger partial charge in [0.25, 0.3) is 0 Å². The lowest BCUT2D eigenvalue weighted by Crippen LogP contribution is -2.21. The molecule has 0 saturated carbocycles. The quantitative estimate of drug-likeness (QED) is 0.516. The fourth-order valence-electron chi connectivity index (χ4n) is 3.04. The molecule has 156 valence electrons. The lowest BCUT2D eigenvalue weighted by Gasteiger charge is -2.30. The predicted molar refractivity (Wildman–Crippen MR) is 116 cm³/mol. The van der Waals surface area contributed by atoms with Gasteiger partial charge in [-0.1, -0.05) is 47.6 Å². The number of carbonyl (C=O) groups is 2. The number of rotatable bonds is 4. The summed E-state index contributed by atoms with van der Waals surface area (Å²) in [4.78, 5) is 23.0. The van der Waals surface area contributed by atoms with Crippen LogP contribution < -0.4 is 14.8 Å². The Labute approximate surface area is 173 Å². The fraction of sp³-hybridized carbons (Fsp3) is 0.417. The van der Waals surface area contributed by atoms with Gasteiger partial charge in [-0.05, 0) is 35.1 Å². The van der Waals surface area contributed by atoms with Crippen molar-refractivity contribution in [3.63, 3.8) is 0 Å². The van der Waals surface area contributed by atoms with Gasteiger partial charge in [0, 0.05) is 42.4 Å². The highest BCUT2D eigenvalue weighted by molar-refractivity contribution is 5.74. The number of anilines is 2. The predicted octanol–water partition coefficient (Wildman–Crippen LogP) is 5.88. The van der Waals surface area contributed by atoms with Gasteiger partial charge in [-0.25, -0.2) is 0 Å². The first-order chi connectivity index (χ1) is 13.3. The molecule has 5 heteroatoms. The molecule has 2 aromatic carbocycles. The van der Waals surface area contributed by atoms with Gasteiger partial charge in [-0.15, -0.1) is 0 Å². The molecule has 0 atom stereocenters. The Bertz CT molecular complexity index is 882. The molecular weight excluding hydrogens is 366 g/mol. The second-order valence-corrected chi connectivity index (χ2v) is 9.24. The second-order valence-electron chi connectivity index (χ2n) is 9.24. The van der Waals surface area contributed by atoms with E-state index in [2.05, 4.69) is 46.9 Å². The minimum Gasteiger partial charge on any atom is -0.427 e. The molecule has 0 saturated heterocycles. The Morgan fingerprint density at radius 1 is 0.759 bits per heavy atom.